The van der Waals surface area contributed by atoms with E-state index in [0.717, 1.165) is 0 Å². The Bertz CT molecular complexity index is 700. The van der Waals surface area contributed by atoms with Gasteiger partial charge in [-0.25, -0.2) is 4.39 Å². The Balaban J connectivity index is 0.00000127. The number of aliphatic carboxylic acids is 1. The second-order valence-corrected chi connectivity index (χ2v) is 4.58. The molecule has 0 aliphatic rings. The van der Waals surface area contributed by atoms with Crippen molar-refractivity contribution in [3.05, 3.63) is 17.1 Å². The highest BCUT2D eigenvalue weighted by Crippen LogP contribution is 2.40. The van der Waals surface area contributed by atoms with Gasteiger partial charge in [0.15, 0.2) is 11.5 Å². The molecule has 2 rings (SSSR count). The van der Waals surface area contributed by atoms with Gasteiger partial charge in [-0.2, -0.15) is 5.10 Å². The molecule has 0 aliphatic heterocycles. The molecule has 0 spiro atoms. The standard InChI is InChI=1S/C13H16FN3O4.C2H6/c1-5-9(14)8-7(4-6(15)13(18)19)16-17-10(8)12(21-3)11(5)20-2;1-2/h6H,4,15H2,1-3H3,(H,16,17)(H,18,19);1-2H3. The third kappa shape index (κ3) is 3.37. The van der Waals surface area contributed by atoms with Gasteiger partial charge in [0.1, 0.15) is 17.4 Å². The Morgan fingerprint density at radius 1 is 1.35 bits per heavy atom. The van der Waals surface area contributed by atoms with E-state index in [1.54, 1.807) is 6.92 Å². The lowest BCUT2D eigenvalue weighted by atomic mass is 10.0. The van der Waals surface area contributed by atoms with Gasteiger partial charge in [0.25, 0.3) is 0 Å². The summed E-state index contributed by atoms with van der Waals surface area (Å²) in [5.74, 6) is -1.17. The van der Waals surface area contributed by atoms with E-state index in [9.17, 15) is 9.18 Å². The summed E-state index contributed by atoms with van der Waals surface area (Å²) in [6.07, 6.45) is -0.0717. The number of nitrogens with two attached hydrogens (primary N) is 1. The number of hydrogen-bond donors (Lipinski definition) is 3. The topological polar surface area (TPSA) is 110 Å². The van der Waals surface area contributed by atoms with Crippen molar-refractivity contribution in [2.75, 3.05) is 14.2 Å². The number of carboxylic acid groups (broad SMARTS) is 1. The summed E-state index contributed by atoms with van der Waals surface area (Å²) < 4.78 is 24.9. The molecule has 2 aromatic rings. The van der Waals surface area contributed by atoms with Gasteiger partial charge >= 0.3 is 5.97 Å². The van der Waals surface area contributed by atoms with Gasteiger partial charge in [-0.15, -0.1) is 0 Å². The number of rotatable bonds is 5. The Kier molecular flexibility index (Phi) is 6.32. The zero-order valence-electron chi connectivity index (χ0n) is 13.9. The molecule has 0 saturated carbocycles. The number of carbonyl (C=O) groups is 1. The smallest absolute Gasteiger partial charge is 0.320 e. The van der Waals surface area contributed by atoms with Crippen LogP contribution in [-0.4, -0.2) is 41.5 Å². The lowest BCUT2D eigenvalue weighted by Gasteiger charge is -2.12. The van der Waals surface area contributed by atoms with E-state index >= 15 is 0 Å². The Morgan fingerprint density at radius 3 is 2.39 bits per heavy atom. The molecule has 0 bridgehead atoms. The normalized spacial score (nSPS) is 11.6. The molecule has 8 heteroatoms. The molecule has 1 atom stereocenters. The maximum absolute atomic E-state index is 14.5. The number of hydrogen-bond acceptors (Lipinski definition) is 5. The minimum absolute atomic E-state index is 0.0717. The van der Waals surface area contributed by atoms with Crippen molar-refractivity contribution in [2.45, 2.75) is 33.2 Å². The molecule has 1 heterocycles. The van der Waals surface area contributed by atoms with Crippen molar-refractivity contribution in [1.82, 2.24) is 10.2 Å². The number of H-pyrrole nitrogens is 1. The van der Waals surface area contributed by atoms with Gasteiger partial charge in [0, 0.05) is 17.7 Å². The molecule has 4 N–H and O–H groups in total. The summed E-state index contributed by atoms with van der Waals surface area (Å²) in [4.78, 5) is 10.8. The number of halogens is 1. The second kappa shape index (κ2) is 7.77. The quantitative estimate of drug-likeness (QED) is 0.775. The van der Waals surface area contributed by atoms with E-state index in [1.807, 2.05) is 13.8 Å². The molecule has 0 aliphatic carbocycles. The first-order chi connectivity index (χ1) is 10.9. The summed E-state index contributed by atoms with van der Waals surface area (Å²) in [7, 11) is 2.83. The van der Waals surface area contributed by atoms with Gasteiger partial charge in [-0.05, 0) is 6.92 Å². The van der Waals surface area contributed by atoms with Crippen LogP contribution in [0.15, 0.2) is 0 Å². The molecular weight excluding hydrogens is 305 g/mol. The third-order valence-corrected chi connectivity index (χ3v) is 3.30. The van der Waals surface area contributed by atoms with Gasteiger partial charge in [0.2, 0.25) is 0 Å². The van der Waals surface area contributed by atoms with E-state index in [4.69, 9.17) is 20.3 Å². The molecule has 7 nitrogen and oxygen atoms in total. The molecule has 0 radical (unpaired) electrons. The predicted octanol–water partition coefficient (Wildman–Crippen LogP) is 2.01. The Hall–Kier alpha value is -2.35. The van der Waals surface area contributed by atoms with Crippen LogP contribution in [0.25, 0.3) is 10.9 Å². The van der Waals surface area contributed by atoms with Gasteiger partial charge in [-0.3, -0.25) is 9.89 Å². The van der Waals surface area contributed by atoms with Crippen molar-refractivity contribution >= 4 is 16.9 Å². The fraction of sp³-hybridized carbons (Fsp3) is 0.467. The summed E-state index contributed by atoms with van der Waals surface area (Å²) >= 11 is 0. The zero-order chi connectivity index (χ0) is 17.7. The van der Waals surface area contributed by atoms with Crippen LogP contribution in [0.4, 0.5) is 4.39 Å². The summed E-state index contributed by atoms with van der Waals surface area (Å²) in [6.45, 7) is 5.55. The number of benzene rings is 1. The zero-order valence-corrected chi connectivity index (χ0v) is 13.9. The van der Waals surface area contributed by atoms with Crippen LogP contribution in [0.5, 0.6) is 11.5 Å². The first-order valence-corrected chi connectivity index (χ1v) is 7.17. The van der Waals surface area contributed by atoms with Gasteiger partial charge < -0.3 is 20.3 Å². The fourth-order valence-corrected chi connectivity index (χ4v) is 2.23. The number of aromatic nitrogens is 2. The minimum Gasteiger partial charge on any atom is -0.492 e. The number of nitrogens with zero attached hydrogens (tertiary/aromatic N) is 1. The summed E-state index contributed by atoms with van der Waals surface area (Å²) in [6, 6.07) is -1.15. The van der Waals surface area contributed by atoms with Crippen LogP contribution in [0.2, 0.25) is 0 Å². The van der Waals surface area contributed by atoms with E-state index in [0.29, 0.717) is 5.69 Å². The van der Waals surface area contributed by atoms with Crippen molar-refractivity contribution < 1.29 is 23.8 Å². The maximum Gasteiger partial charge on any atom is 0.320 e. The van der Waals surface area contributed by atoms with Crippen molar-refractivity contribution in [3.63, 3.8) is 0 Å². The maximum atomic E-state index is 14.5. The average Bonchev–Trinajstić information content (AvgIpc) is 2.96. The number of fused-ring (bicyclic) bond motifs is 1. The molecular formula is C15H22FN3O4. The Morgan fingerprint density at radius 2 is 1.91 bits per heavy atom. The van der Waals surface area contributed by atoms with Crippen LogP contribution in [-0.2, 0) is 11.2 Å². The summed E-state index contributed by atoms with van der Waals surface area (Å²) in [5, 5.41) is 15.6. The van der Waals surface area contributed by atoms with E-state index < -0.39 is 17.8 Å². The van der Waals surface area contributed by atoms with E-state index in [-0.39, 0.29) is 34.4 Å². The number of carboxylic acids is 1. The summed E-state index contributed by atoms with van der Waals surface area (Å²) in [5.41, 5.74) is 6.29. The molecule has 128 valence electrons. The highest BCUT2D eigenvalue weighted by Gasteiger charge is 2.25. The fourth-order valence-electron chi connectivity index (χ4n) is 2.23. The highest BCUT2D eigenvalue weighted by atomic mass is 19.1. The number of aromatic amines is 1. The highest BCUT2D eigenvalue weighted by molar-refractivity contribution is 5.91. The molecule has 1 aromatic carbocycles. The number of methoxy groups -OCH3 is 2. The average molecular weight is 327 g/mol. The second-order valence-electron chi connectivity index (χ2n) is 4.58. The Labute approximate surface area is 133 Å². The third-order valence-electron chi connectivity index (χ3n) is 3.30. The van der Waals surface area contributed by atoms with Crippen molar-refractivity contribution in [1.29, 1.82) is 0 Å². The van der Waals surface area contributed by atoms with Crippen LogP contribution in [0, 0.1) is 12.7 Å². The van der Waals surface area contributed by atoms with Crippen LogP contribution < -0.4 is 15.2 Å². The largest absolute Gasteiger partial charge is 0.492 e. The lowest BCUT2D eigenvalue weighted by molar-refractivity contribution is -0.138. The van der Waals surface area contributed by atoms with E-state index in [1.165, 1.54) is 14.2 Å². The minimum atomic E-state index is -1.17. The van der Waals surface area contributed by atoms with Crippen molar-refractivity contribution in [2.24, 2.45) is 5.73 Å². The van der Waals surface area contributed by atoms with E-state index in [2.05, 4.69) is 10.2 Å². The monoisotopic (exact) mass is 327 g/mol. The number of ether oxygens (including phenoxy) is 2. The molecule has 23 heavy (non-hydrogen) atoms. The molecule has 0 fully saturated rings. The molecule has 1 aromatic heterocycles. The van der Waals surface area contributed by atoms with Crippen LogP contribution in [0.3, 0.4) is 0 Å². The van der Waals surface area contributed by atoms with Crippen molar-refractivity contribution in [3.8, 4) is 11.5 Å². The molecule has 0 saturated heterocycles. The number of nitrogens with one attached hydrogen (secondary N) is 1. The lowest BCUT2D eigenvalue weighted by Crippen LogP contribution is -2.32. The SMILES string of the molecule is CC.COc1c(C)c(F)c2c(CC(N)C(=O)O)[nH]nc2c1OC. The molecule has 0 amide bonds. The molecule has 1 unspecified atom stereocenters. The van der Waals surface area contributed by atoms with Gasteiger partial charge in [-0.1, -0.05) is 13.8 Å². The predicted molar refractivity (Wildman–Crippen MR) is 84.6 cm³/mol. The first kappa shape index (κ1) is 18.7. The van der Waals surface area contributed by atoms with Crippen LogP contribution >= 0.6 is 0 Å². The van der Waals surface area contributed by atoms with Crippen LogP contribution in [0.1, 0.15) is 25.1 Å². The van der Waals surface area contributed by atoms with Gasteiger partial charge in [0.05, 0.1) is 19.6 Å². The first-order valence-electron chi connectivity index (χ1n) is 7.17.